The van der Waals surface area contributed by atoms with Gasteiger partial charge < -0.3 is 15.1 Å². The van der Waals surface area contributed by atoms with E-state index in [1.54, 1.807) is 0 Å². The molecule has 6 heteroatoms. The third-order valence-corrected chi connectivity index (χ3v) is 6.04. The molecule has 0 atom stereocenters. The normalized spacial score (nSPS) is 18.4. The minimum Gasteiger partial charge on any atom is -0.659 e. The number of pyridine rings is 1. The Morgan fingerprint density at radius 2 is 1.86 bits per heavy atom. The quantitative estimate of drug-likeness (QED) is 0.781. The Morgan fingerprint density at radius 3 is 2.54 bits per heavy atom. The number of aryl methyl sites for hydroxylation is 1. The molecular formula is C22H26ClN4O-. The molecule has 0 bridgehead atoms. The Morgan fingerprint density at radius 1 is 1.11 bits per heavy atom. The predicted octanol–water partition coefficient (Wildman–Crippen LogP) is 4.14. The van der Waals surface area contributed by atoms with Crippen LogP contribution in [0.25, 0.3) is 16.6 Å². The number of hydrogen-bond donors (Lipinski definition) is 0. The maximum atomic E-state index is 12.7. The summed E-state index contributed by atoms with van der Waals surface area (Å²) in [5.74, 6) is 0.454. The molecule has 148 valence electrons. The maximum Gasteiger partial charge on any atom is 0.225 e. The molecule has 4 rings (SSSR count). The lowest BCUT2D eigenvalue weighted by Gasteiger charge is -2.39. The van der Waals surface area contributed by atoms with Crippen LogP contribution in [0.2, 0.25) is 5.02 Å². The molecule has 2 fully saturated rings. The highest BCUT2D eigenvalue weighted by Gasteiger charge is 2.28. The lowest BCUT2D eigenvalue weighted by Crippen LogP contribution is -2.46. The monoisotopic (exact) mass is 397 g/mol. The summed E-state index contributed by atoms with van der Waals surface area (Å²) >= 11 is 6.44. The Hall–Kier alpha value is -2.11. The summed E-state index contributed by atoms with van der Waals surface area (Å²) in [6.07, 6.45) is 3.66. The van der Waals surface area contributed by atoms with Crippen molar-refractivity contribution in [2.24, 2.45) is 5.92 Å². The van der Waals surface area contributed by atoms with Gasteiger partial charge in [-0.25, -0.2) is 0 Å². The summed E-state index contributed by atoms with van der Waals surface area (Å²) in [5.41, 5.74) is 4.11. The number of rotatable bonds is 3. The van der Waals surface area contributed by atoms with Crippen LogP contribution >= 0.6 is 11.6 Å². The van der Waals surface area contributed by atoms with Crippen molar-refractivity contribution < 1.29 is 4.79 Å². The number of hydrogen-bond acceptors (Lipinski definition) is 3. The van der Waals surface area contributed by atoms with E-state index in [1.807, 2.05) is 30.2 Å². The Bertz CT molecular complexity index is 825. The van der Waals surface area contributed by atoms with Gasteiger partial charge in [0, 0.05) is 49.5 Å². The molecule has 2 aliphatic heterocycles. The highest BCUT2D eigenvalue weighted by atomic mass is 35.5. The highest BCUT2D eigenvalue weighted by Crippen LogP contribution is 2.33. The van der Waals surface area contributed by atoms with Crippen molar-refractivity contribution in [3.63, 3.8) is 0 Å². The van der Waals surface area contributed by atoms with Crippen LogP contribution in [0.3, 0.4) is 0 Å². The molecule has 2 saturated heterocycles. The van der Waals surface area contributed by atoms with Gasteiger partial charge in [-0.1, -0.05) is 17.7 Å². The second-order valence-corrected chi connectivity index (χ2v) is 8.05. The van der Waals surface area contributed by atoms with Crippen molar-refractivity contribution in [3.05, 3.63) is 52.4 Å². The molecule has 0 saturated carbocycles. The Labute approximate surface area is 171 Å². The van der Waals surface area contributed by atoms with E-state index in [9.17, 15) is 4.79 Å². The first kappa shape index (κ1) is 19.2. The second kappa shape index (κ2) is 8.50. The first-order valence-electron chi connectivity index (χ1n) is 10.0. The minimum atomic E-state index is 0.139. The average Bonchev–Trinajstić information content (AvgIpc) is 2.75. The molecule has 28 heavy (non-hydrogen) atoms. The standard InChI is InChI=1S/C22H26ClN4O/c1-16-2-5-21(25-15-16)19-14-18(3-4-20(19)23)26-10-6-17(7-11-26)22(28)27-12-8-24-9-13-27/h2-5,14-15,17H,6-13H2,1H3/q-1. The number of piperidine rings is 1. The molecule has 2 aromatic rings. The van der Waals surface area contributed by atoms with Crippen LogP contribution in [0.15, 0.2) is 36.5 Å². The van der Waals surface area contributed by atoms with Crippen LogP contribution in [0.1, 0.15) is 18.4 Å². The Balaban J connectivity index is 1.44. The van der Waals surface area contributed by atoms with Gasteiger partial charge >= 0.3 is 0 Å². The molecule has 2 aliphatic rings. The summed E-state index contributed by atoms with van der Waals surface area (Å²) in [7, 11) is 0. The third-order valence-electron chi connectivity index (χ3n) is 5.71. The van der Waals surface area contributed by atoms with E-state index < -0.39 is 0 Å². The average molecular weight is 398 g/mol. The third kappa shape index (κ3) is 4.15. The van der Waals surface area contributed by atoms with Crippen molar-refractivity contribution in [2.75, 3.05) is 44.2 Å². The topological polar surface area (TPSA) is 50.5 Å². The van der Waals surface area contributed by atoms with Crippen LogP contribution < -0.4 is 4.90 Å². The lowest BCUT2D eigenvalue weighted by molar-refractivity contribution is -0.136. The molecule has 0 aliphatic carbocycles. The van der Waals surface area contributed by atoms with Gasteiger partial charge in [0.25, 0.3) is 0 Å². The molecule has 3 heterocycles. The number of nitrogens with zero attached hydrogens (tertiary/aromatic N) is 4. The van der Waals surface area contributed by atoms with E-state index >= 15 is 0 Å². The molecule has 5 nitrogen and oxygen atoms in total. The van der Waals surface area contributed by atoms with Gasteiger partial charge in [-0.3, -0.25) is 9.78 Å². The van der Waals surface area contributed by atoms with Crippen LogP contribution in [-0.4, -0.2) is 55.1 Å². The second-order valence-electron chi connectivity index (χ2n) is 7.64. The fraction of sp³-hybridized carbons (Fsp3) is 0.455. The van der Waals surface area contributed by atoms with E-state index in [-0.39, 0.29) is 5.92 Å². The lowest BCUT2D eigenvalue weighted by atomic mass is 9.94. The summed E-state index contributed by atoms with van der Waals surface area (Å²) in [5, 5.41) is 5.04. The molecule has 0 spiro atoms. The van der Waals surface area contributed by atoms with Gasteiger partial charge in [0.2, 0.25) is 5.91 Å². The Kier molecular flexibility index (Phi) is 5.83. The predicted molar refractivity (Wildman–Crippen MR) is 114 cm³/mol. The fourth-order valence-corrected chi connectivity index (χ4v) is 4.22. The van der Waals surface area contributed by atoms with Gasteiger partial charge in [0.15, 0.2) is 0 Å². The van der Waals surface area contributed by atoms with Crippen LogP contribution in [0.5, 0.6) is 0 Å². The number of piperazine rings is 1. The van der Waals surface area contributed by atoms with Crippen molar-refractivity contribution >= 4 is 23.2 Å². The molecule has 1 aromatic carbocycles. The number of amides is 1. The smallest absolute Gasteiger partial charge is 0.225 e. The molecule has 0 N–H and O–H groups in total. The minimum absolute atomic E-state index is 0.139. The van der Waals surface area contributed by atoms with E-state index in [0.717, 1.165) is 74.6 Å². The molecule has 1 amide bonds. The largest absolute Gasteiger partial charge is 0.659 e. The zero-order chi connectivity index (χ0) is 19.5. The highest BCUT2D eigenvalue weighted by molar-refractivity contribution is 6.33. The van der Waals surface area contributed by atoms with Crippen molar-refractivity contribution in [3.8, 4) is 11.3 Å². The van der Waals surface area contributed by atoms with Gasteiger partial charge in [-0.2, -0.15) is 0 Å². The SMILES string of the molecule is Cc1ccc(-c2cc(N3CCC(C(=O)N4CC[N-]CC4)CC3)ccc2Cl)nc1. The van der Waals surface area contributed by atoms with E-state index in [0.29, 0.717) is 10.9 Å². The van der Waals surface area contributed by atoms with E-state index in [4.69, 9.17) is 11.6 Å². The number of benzene rings is 1. The van der Waals surface area contributed by atoms with E-state index in [2.05, 4.69) is 33.4 Å². The first-order valence-corrected chi connectivity index (χ1v) is 10.4. The number of aromatic nitrogens is 1. The molecule has 0 radical (unpaired) electrons. The summed E-state index contributed by atoms with van der Waals surface area (Å²) in [6, 6.07) is 10.2. The van der Waals surface area contributed by atoms with Crippen LogP contribution in [-0.2, 0) is 4.79 Å². The van der Waals surface area contributed by atoms with E-state index in [1.165, 1.54) is 0 Å². The number of anilines is 1. The van der Waals surface area contributed by atoms with Crippen LogP contribution in [0.4, 0.5) is 5.69 Å². The zero-order valence-corrected chi connectivity index (χ0v) is 17.0. The first-order chi connectivity index (χ1) is 13.6. The number of carbonyl (C=O) groups is 1. The van der Waals surface area contributed by atoms with Crippen molar-refractivity contribution in [1.29, 1.82) is 0 Å². The fourth-order valence-electron chi connectivity index (χ4n) is 4.00. The van der Waals surface area contributed by atoms with Crippen molar-refractivity contribution in [1.82, 2.24) is 9.88 Å². The summed E-state index contributed by atoms with van der Waals surface area (Å²) < 4.78 is 0. The number of halogens is 1. The molecule has 1 aromatic heterocycles. The van der Waals surface area contributed by atoms with Gasteiger partial charge in [-0.15, -0.1) is 13.1 Å². The zero-order valence-electron chi connectivity index (χ0n) is 16.3. The van der Waals surface area contributed by atoms with Crippen molar-refractivity contribution in [2.45, 2.75) is 19.8 Å². The van der Waals surface area contributed by atoms with Gasteiger partial charge in [-0.05, 0) is 49.6 Å². The number of carbonyl (C=O) groups excluding carboxylic acids is 1. The van der Waals surface area contributed by atoms with Gasteiger partial charge in [0.1, 0.15) is 0 Å². The summed E-state index contributed by atoms with van der Waals surface area (Å²) in [4.78, 5) is 21.6. The van der Waals surface area contributed by atoms with Crippen LogP contribution in [0, 0.1) is 12.8 Å². The maximum absolute atomic E-state index is 12.7. The summed E-state index contributed by atoms with van der Waals surface area (Å²) in [6.45, 7) is 6.93. The van der Waals surface area contributed by atoms with Gasteiger partial charge in [0.05, 0.1) is 10.7 Å². The molecular weight excluding hydrogens is 372 g/mol. The molecule has 0 unspecified atom stereocenters.